The van der Waals surface area contributed by atoms with Gasteiger partial charge < -0.3 is 5.73 Å². The van der Waals surface area contributed by atoms with Crippen LogP contribution in [0.15, 0.2) is 41.8 Å². The number of hydrogen-bond acceptors (Lipinski definition) is 3. The molecular formula is C14H13NS2. The molecule has 1 aromatic carbocycles. The maximum atomic E-state index is 6.32. The van der Waals surface area contributed by atoms with Crippen molar-refractivity contribution >= 4 is 32.1 Å². The standard InChI is InChI=1S/C14H13NS2/c1-9-3-2-4-10(7-9)14(15)13-8-12-11(17-13)5-6-16-12/h2-8,14H,15H2,1H3. The van der Waals surface area contributed by atoms with E-state index in [-0.39, 0.29) is 6.04 Å². The molecule has 0 saturated carbocycles. The van der Waals surface area contributed by atoms with Gasteiger partial charge in [0, 0.05) is 14.3 Å². The van der Waals surface area contributed by atoms with Gasteiger partial charge in [0.15, 0.2) is 0 Å². The molecule has 0 bridgehead atoms. The zero-order valence-electron chi connectivity index (χ0n) is 9.51. The highest BCUT2D eigenvalue weighted by atomic mass is 32.1. The number of benzene rings is 1. The van der Waals surface area contributed by atoms with Crippen molar-refractivity contribution in [3.8, 4) is 0 Å². The average Bonchev–Trinajstić information content (AvgIpc) is 2.88. The van der Waals surface area contributed by atoms with Crippen LogP contribution in [0.5, 0.6) is 0 Å². The molecule has 0 aliphatic heterocycles. The van der Waals surface area contributed by atoms with E-state index in [2.05, 4.69) is 48.7 Å². The summed E-state index contributed by atoms with van der Waals surface area (Å²) in [5, 5.41) is 2.13. The largest absolute Gasteiger partial charge is 0.320 e. The Morgan fingerprint density at radius 1 is 1.12 bits per heavy atom. The second-order valence-electron chi connectivity index (χ2n) is 4.19. The lowest BCUT2D eigenvalue weighted by atomic mass is 10.0. The van der Waals surface area contributed by atoms with Gasteiger partial charge in [0.25, 0.3) is 0 Å². The lowest BCUT2D eigenvalue weighted by Crippen LogP contribution is -2.10. The molecule has 1 nitrogen and oxygen atoms in total. The molecule has 0 aliphatic rings. The first kappa shape index (κ1) is 11.0. The number of nitrogens with two attached hydrogens (primary N) is 1. The Hall–Kier alpha value is -1.16. The molecule has 0 fully saturated rings. The molecule has 17 heavy (non-hydrogen) atoms. The topological polar surface area (TPSA) is 26.0 Å². The molecule has 0 amide bonds. The molecular weight excluding hydrogens is 246 g/mol. The van der Waals surface area contributed by atoms with E-state index in [1.807, 2.05) is 0 Å². The maximum absolute atomic E-state index is 6.32. The number of hydrogen-bond donors (Lipinski definition) is 1. The molecule has 0 aliphatic carbocycles. The molecule has 0 radical (unpaired) electrons. The summed E-state index contributed by atoms with van der Waals surface area (Å²) < 4.78 is 2.68. The first-order chi connectivity index (χ1) is 8.24. The molecule has 86 valence electrons. The van der Waals surface area contributed by atoms with Gasteiger partial charge in [-0.1, -0.05) is 29.8 Å². The first-order valence-corrected chi connectivity index (χ1v) is 7.23. The predicted molar refractivity (Wildman–Crippen MR) is 76.9 cm³/mol. The zero-order valence-corrected chi connectivity index (χ0v) is 11.1. The van der Waals surface area contributed by atoms with Crippen LogP contribution in [0.25, 0.3) is 9.40 Å². The van der Waals surface area contributed by atoms with Crippen molar-refractivity contribution in [1.82, 2.24) is 0 Å². The zero-order chi connectivity index (χ0) is 11.8. The van der Waals surface area contributed by atoms with Gasteiger partial charge in [-0.2, -0.15) is 0 Å². The van der Waals surface area contributed by atoms with Gasteiger partial charge in [0.05, 0.1) is 6.04 Å². The van der Waals surface area contributed by atoms with Gasteiger partial charge in [-0.25, -0.2) is 0 Å². The summed E-state index contributed by atoms with van der Waals surface area (Å²) in [6.07, 6.45) is 0. The van der Waals surface area contributed by atoms with Gasteiger partial charge in [-0.15, -0.1) is 22.7 Å². The summed E-state index contributed by atoms with van der Waals surface area (Å²) in [4.78, 5) is 1.25. The van der Waals surface area contributed by atoms with E-state index in [9.17, 15) is 0 Å². The van der Waals surface area contributed by atoms with Crippen molar-refractivity contribution in [2.75, 3.05) is 0 Å². The first-order valence-electron chi connectivity index (χ1n) is 5.53. The third-order valence-corrected chi connectivity index (χ3v) is 5.04. The lowest BCUT2D eigenvalue weighted by Gasteiger charge is -2.10. The van der Waals surface area contributed by atoms with E-state index in [1.54, 1.807) is 22.7 Å². The van der Waals surface area contributed by atoms with Gasteiger partial charge >= 0.3 is 0 Å². The van der Waals surface area contributed by atoms with Crippen LogP contribution in [0, 0.1) is 6.92 Å². The van der Waals surface area contributed by atoms with E-state index >= 15 is 0 Å². The summed E-state index contributed by atoms with van der Waals surface area (Å²) in [7, 11) is 0. The van der Waals surface area contributed by atoms with Crippen molar-refractivity contribution in [3.05, 3.63) is 57.8 Å². The summed E-state index contributed by atoms with van der Waals surface area (Å²) in [6.45, 7) is 2.10. The average molecular weight is 259 g/mol. The van der Waals surface area contributed by atoms with Crippen LogP contribution in [0.3, 0.4) is 0 Å². The van der Waals surface area contributed by atoms with Crippen molar-refractivity contribution in [2.45, 2.75) is 13.0 Å². The SMILES string of the molecule is Cc1cccc(C(N)c2cc3sccc3s2)c1. The van der Waals surface area contributed by atoms with Crippen LogP contribution < -0.4 is 5.73 Å². The molecule has 3 rings (SSSR count). The van der Waals surface area contributed by atoms with E-state index in [0.29, 0.717) is 0 Å². The molecule has 0 saturated heterocycles. The minimum atomic E-state index is -0.000463. The van der Waals surface area contributed by atoms with Gasteiger partial charge in [-0.05, 0) is 30.0 Å². The van der Waals surface area contributed by atoms with E-state index in [1.165, 1.54) is 25.4 Å². The Bertz CT molecular complexity index is 622. The summed E-state index contributed by atoms with van der Waals surface area (Å²) in [5.74, 6) is 0. The van der Waals surface area contributed by atoms with E-state index in [4.69, 9.17) is 5.73 Å². The van der Waals surface area contributed by atoms with Crippen LogP contribution in [-0.4, -0.2) is 0 Å². The van der Waals surface area contributed by atoms with Crippen LogP contribution in [-0.2, 0) is 0 Å². The second kappa shape index (κ2) is 4.26. The second-order valence-corrected chi connectivity index (χ2v) is 6.25. The Morgan fingerprint density at radius 3 is 2.76 bits per heavy atom. The van der Waals surface area contributed by atoms with Crippen LogP contribution >= 0.6 is 22.7 Å². The molecule has 0 spiro atoms. The normalized spacial score (nSPS) is 13.1. The quantitative estimate of drug-likeness (QED) is 0.728. The summed E-state index contributed by atoms with van der Waals surface area (Å²) in [5.41, 5.74) is 8.78. The van der Waals surface area contributed by atoms with E-state index < -0.39 is 0 Å². The minimum Gasteiger partial charge on any atom is -0.320 e. The van der Waals surface area contributed by atoms with Crippen LogP contribution in [0.4, 0.5) is 0 Å². The Balaban J connectivity index is 2.01. The Kier molecular flexibility index (Phi) is 2.74. The molecule has 1 unspecified atom stereocenters. The molecule has 2 N–H and O–H groups in total. The van der Waals surface area contributed by atoms with E-state index in [0.717, 1.165) is 0 Å². The maximum Gasteiger partial charge on any atom is 0.0646 e. The molecule has 3 aromatic rings. The highest BCUT2D eigenvalue weighted by Crippen LogP contribution is 2.34. The highest BCUT2D eigenvalue weighted by Gasteiger charge is 2.12. The summed E-state index contributed by atoms with van der Waals surface area (Å²) >= 11 is 3.58. The van der Waals surface area contributed by atoms with Crippen molar-refractivity contribution < 1.29 is 0 Å². The fourth-order valence-electron chi connectivity index (χ4n) is 1.97. The van der Waals surface area contributed by atoms with Gasteiger partial charge in [0.1, 0.15) is 0 Å². The van der Waals surface area contributed by atoms with Crippen molar-refractivity contribution in [1.29, 1.82) is 0 Å². The van der Waals surface area contributed by atoms with Gasteiger partial charge in [-0.3, -0.25) is 0 Å². The molecule has 3 heteroatoms. The smallest absolute Gasteiger partial charge is 0.0646 e. The highest BCUT2D eigenvalue weighted by molar-refractivity contribution is 7.26. The number of rotatable bonds is 2. The fraction of sp³-hybridized carbons (Fsp3) is 0.143. The van der Waals surface area contributed by atoms with Crippen molar-refractivity contribution in [2.24, 2.45) is 5.73 Å². The van der Waals surface area contributed by atoms with Crippen LogP contribution in [0.1, 0.15) is 22.0 Å². The number of fused-ring (bicyclic) bond motifs is 1. The Labute approximate surface area is 109 Å². The lowest BCUT2D eigenvalue weighted by molar-refractivity contribution is 0.892. The Morgan fingerprint density at radius 2 is 2.00 bits per heavy atom. The van der Waals surface area contributed by atoms with Crippen molar-refractivity contribution in [3.63, 3.8) is 0 Å². The molecule has 2 aromatic heterocycles. The molecule has 1 atom stereocenters. The minimum absolute atomic E-state index is 0.000463. The number of aryl methyl sites for hydroxylation is 1. The number of thiophene rings is 2. The fourth-order valence-corrected chi connectivity index (χ4v) is 4.11. The van der Waals surface area contributed by atoms with Gasteiger partial charge in [0.2, 0.25) is 0 Å². The third-order valence-electron chi connectivity index (χ3n) is 2.87. The summed E-state index contributed by atoms with van der Waals surface area (Å²) in [6, 6.07) is 12.8. The monoisotopic (exact) mass is 259 g/mol. The molecule has 2 heterocycles. The van der Waals surface area contributed by atoms with Crippen LogP contribution in [0.2, 0.25) is 0 Å². The predicted octanol–water partition coefficient (Wildman–Crippen LogP) is 4.32. The third kappa shape index (κ3) is 2.02.